The van der Waals surface area contributed by atoms with Gasteiger partial charge in [0.05, 0.1) is 18.8 Å². The summed E-state index contributed by atoms with van der Waals surface area (Å²) >= 11 is 0. The van der Waals surface area contributed by atoms with Crippen LogP contribution in [-0.4, -0.2) is 62.8 Å². The first-order valence-corrected chi connectivity index (χ1v) is 6.07. The first-order chi connectivity index (χ1) is 7.75. The second-order valence-corrected chi connectivity index (χ2v) is 4.65. The Morgan fingerprint density at radius 3 is 3.25 bits per heavy atom. The summed E-state index contributed by atoms with van der Waals surface area (Å²) in [5, 5.41) is 6.17. The summed E-state index contributed by atoms with van der Waals surface area (Å²) in [5.74, 6) is 0.135. The molecule has 16 heavy (non-hydrogen) atoms. The average molecular weight is 227 g/mol. The van der Waals surface area contributed by atoms with E-state index < -0.39 is 0 Å². The smallest absolute Gasteiger partial charge is 0.237 e. The molecule has 5 nitrogen and oxygen atoms in total. The zero-order valence-corrected chi connectivity index (χ0v) is 9.87. The molecule has 0 spiro atoms. The van der Waals surface area contributed by atoms with Crippen LogP contribution in [0.1, 0.15) is 12.8 Å². The molecule has 2 aliphatic heterocycles. The van der Waals surface area contributed by atoms with Crippen LogP contribution < -0.4 is 10.6 Å². The number of piperidine rings is 1. The summed E-state index contributed by atoms with van der Waals surface area (Å²) in [6, 6.07) is -0.0235. The van der Waals surface area contributed by atoms with Gasteiger partial charge in [-0.25, -0.2) is 0 Å². The predicted molar refractivity (Wildman–Crippen MR) is 61.3 cm³/mol. The number of ether oxygens (including phenoxy) is 1. The van der Waals surface area contributed by atoms with Crippen molar-refractivity contribution >= 4 is 5.91 Å². The predicted octanol–water partition coefficient (Wildman–Crippen LogP) is -0.815. The summed E-state index contributed by atoms with van der Waals surface area (Å²) < 4.78 is 5.64. The SMILES string of the molecule is CN1CCOC(CNC2CCCNC2=O)C1. The highest BCUT2D eigenvalue weighted by atomic mass is 16.5. The minimum absolute atomic E-state index is 0.0235. The lowest BCUT2D eigenvalue weighted by Gasteiger charge is -2.31. The van der Waals surface area contributed by atoms with Crippen molar-refractivity contribution in [3.05, 3.63) is 0 Å². The third-order valence-corrected chi connectivity index (χ3v) is 3.22. The molecule has 0 radical (unpaired) electrons. The molecule has 2 saturated heterocycles. The molecule has 2 atom stereocenters. The van der Waals surface area contributed by atoms with Gasteiger partial charge in [-0.15, -0.1) is 0 Å². The molecule has 0 aliphatic carbocycles. The van der Waals surface area contributed by atoms with Gasteiger partial charge in [0.2, 0.25) is 5.91 Å². The Bertz CT molecular complexity index is 247. The molecule has 0 saturated carbocycles. The van der Waals surface area contributed by atoms with Gasteiger partial charge in [0.15, 0.2) is 0 Å². The van der Waals surface area contributed by atoms with E-state index in [0.717, 1.165) is 45.6 Å². The monoisotopic (exact) mass is 227 g/mol. The van der Waals surface area contributed by atoms with E-state index in [2.05, 4.69) is 22.6 Å². The van der Waals surface area contributed by atoms with Crippen LogP contribution in [0.3, 0.4) is 0 Å². The zero-order valence-electron chi connectivity index (χ0n) is 9.87. The van der Waals surface area contributed by atoms with E-state index in [1.54, 1.807) is 0 Å². The summed E-state index contributed by atoms with van der Waals surface area (Å²) in [4.78, 5) is 13.8. The Kier molecular flexibility index (Phi) is 4.15. The number of carbonyl (C=O) groups excluding carboxylic acids is 1. The Labute approximate surface area is 96.5 Å². The molecule has 0 aromatic heterocycles. The van der Waals surface area contributed by atoms with Crippen molar-refractivity contribution in [1.82, 2.24) is 15.5 Å². The van der Waals surface area contributed by atoms with E-state index in [-0.39, 0.29) is 18.1 Å². The lowest BCUT2D eigenvalue weighted by Crippen LogP contribution is -2.52. The van der Waals surface area contributed by atoms with E-state index in [4.69, 9.17) is 4.74 Å². The Morgan fingerprint density at radius 2 is 2.50 bits per heavy atom. The van der Waals surface area contributed by atoms with Crippen LogP contribution in [-0.2, 0) is 9.53 Å². The van der Waals surface area contributed by atoms with Gasteiger partial charge in [-0.05, 0) is 19.9 Å². The average Bonchev–Trinajstić information content (AvgIpc) is 2.28. The molecular weight excluding hydrogens is 206 g/mol. The van der Waals surface area contributed by atoms with Crippen molar-refractivity contribution in [2.75, 3.05) is 39.8 Å². The van der Waals surface area contributed by atoms with Crippen LogP contribution in [0.4, 0.5) is 0 Å². The summed E-state index contributed by atoms with van der Waals surface area (Å²) in [6.45, 7) is 4.32. The topological polar surface area (TPSA) is 53.6 Å². The second-order valence-electron chi connectivity index (χ2n) is 4.65. The van der Waals surface area contributed by atoms with Gasteiger partial charge in [0, 0.05) is 26.2 Å². The minimum atomic E-state index is -0.0235. The fourth-order valence-electron chi connectivity index (χ4n) is 2.23. The Balaban J connectivity index is 1.71. The molecule has 2 heterocycles. The fourth-order valence-corrected chi connectivity index (χ4v) is 2.23. The summed E-state index contributed by atoms with van der Waals surface area (Å²) in [6.07, 6.45) is 2.22. The Hall–Kier alpha value is -0.650. The second kappa shape index (κ2) is 5.61. The lowest BCUT2D eigenvalue weighted by molar-refractivity contribution is -0.124. The molecule has 0 aromatic carbocycles. The molecule has 2 fully saturated rings. The van der Waals surface area contributed by atoms with Crippen LogP contribution in [0, 0.1) is 0 Å². The van der Waals surface area contributed by atoms with Gasteiger partial charge >= 0.3 is 0 Å². The molecular formula is C11H21N3O2. The number of rotatable bonds is 3. The lowest BCUT2D eigenvalue weighted by atomic mass is 10.1. The van der Waals surface area contributed by atoms with Crippen molar-refractivity contribution in [3.8, 4) is 0 Å². The minimum Gasteiger partial charge on any atom is -0.374 e. The highest BCUT2D eigenvalue weighted by molar-refractivity contribution is 5.82. The van der Waals surface area contributed by atoms with Gasteiger partial charge < -0.3 is 20.3 Å². The molecule has 1 amide bonds. The number of likely N-dealkylation sites (N-methyl/N-ethyl adjacent to an activating group) is 1. The number of hydrogen-bond donors (Lipinski definition) is 2. The van der Waals surface area contributed by atoms with E-state index >= 15 is 0 Å². The van der Waals surface area contributed by atoms with E-state index in [0.29, 0.717) is 0 Å². The van der Waals surface area contributed by atoms with Crippen LogP contribution in [0.25, 0.3) is 0 Å². The highest BCUT2D eigenvalue weighted by Gasteiger charge is 2.24. The number of carbonyl (C=O) groups is 1. The fraction of sp³-hybridized carbons (Fsp3) is 0.909. The first-order valence-electron chi connectivity index (χ1n) is 6.07. The number of nitrogens with one attached hydrogen (secondary N) is 2. The first kappa shape index (κ1) is 11.8. The van der Waals surface area contributed by atoms with Crippen molar-refractivity contribution in [1.29, 1.82) is 0 Å². The molecule has 92 valence electrons. The van der Waals surface area contributed by atoms with Crippen molar-refractivity contribution in [2.45, 2.75) is 25.0 Å². The molecule has 5 heteroatoms. The van der Waals surface area contributed by atoms with Crippen LogP contribution in [0.5, 0.6) is 0 Å². The molecule has 2 N–H and O–H groups in total. The largest absolute Gasteiger partial charge is 0.374 e. The number of morpholine rings is 1. The maximum atomic E-state index is 11.5. The third kappa shape index (κ3) is 3.17. The van der Waals surface area contributed by atoms with Gasteiger partial charge in [0.1, 0.15) is 0 Å². The van der Waals surface area contributed by atoms with Crippen LogP contribution in [0.2, 0.25) is 0 Å². The van der Waals surface area contributed by atoms with Crippen LogP contribution >= 0.6 is 0 Å². The summed E-state index contributed by atoms with van der Waals surface area (Å²) in [7, 11) is 2.10. The Morgan fingerprint density at radius 1 is 1.62 bits per heavy atom. The molecule has 0 bridgehead atoms. The third-order valence-electron chi connectivity index (χ3n) is 3.22. The quantitative estimate of drug-likeness (QED) is 0.662. The van der Waals surface area contributed by atoms with Crippen molar-refractivity contribution < 1.29 is 9.53 Å². The normalized spacial score (nSPS) is 32.4. The van der Waals surface area contributed by atoms with Crippen LogP contribution in [0.15, 0.2) is 0 Å². The van der Waals surface area contributed by atoms with Gasteiger partial charge in [-0.2, -0.15) is 0 Å². The molecule has 2 aliphatic rings. The standard InChI is InChI=1S/C11H21N3O2/c1-14-5-6-16-9(8-14)7-13-10-3-2-4-12-11(10)15/h9-10,13H,2-8H2,1H3,(H,12,15). The van der Waals surface area contributed by atoms with E-state index in [9.17, 15) is 4.79 Å². The van der Waals surface area contributed by atoms with E-state index in [1.165, 1.54) is 0 Å². The van der Waals surface area contributed by atoms with Crippen molar-refractivity contribution in [2.24, 2.45) is 0 Å². The number of hydrogen-bond acceptors (Lipinski definition) is 4. The van der Waals surface area contributed by atoms with Gasteiger partial charge in [0.25, 0.3) is 0 Å². The highest BCUT2D eigenvalue weighted by Crippen LogP contribution is 2.05. The molecule has 2 unspecified atom stereocenters. The molecule has 2 rings (SSSR count). The maximum Gasteiger partial charge on any atom is 0.237 e. The van der Waals surface area contributed by atoms with Crippen molar-refractivity contribution in [3.63, 3.8) is 0 Å². The van der Waals surface area contributed by atoms with E-state index in [1.807, 2.05) is 0 Å². The molecule has 0 aromatic rings. The van der Waals surface area contributed by atoms with Gasteiger partial charge in [-0.1, -0.05) is 0 Å². The zero-order chi connectivity index (χ0) is 11.4. The maximum absolute atomic E-state index is 11.5. The van der Waals surface area contributed by atoms with Gasteiger partial charge in [-0.3, -0.25) is 4.79 Å². The number of amides is 1. The number of nitrogens with zero attached hydrogens (tertiary/aromatic N) is 1. The summed E-state index contributed by atoms with van der Waals surface area (Å²) in [5.41, 5.74) is 0.